The van der Waals surface area contributed by atoms with E-state index < -0.39 is 0 Å². The highest BCUT2D eigenvalue weighted by molar-refractivity contribution is 5.01. The number of hydrogen-bond donors (Lipinski definition) is 1. The molecule has 1 aliphatic rings. The highest BCUT2D eigenvalue weighted by Gasteiger charge is 2.32. The van der Waals surface area contributed by atoms with Crippen molar-refractivity contribution in [1.82, 2.24) is 15.1 Å². The SMILES string of the molecule is CC(C)NCC1CCC(C(C)C)CC1Cc1ccn(C)n1. The van der Waals surface area contributed by atoms with Gasteiger partial charge in [-0.15, -0.1) is 0 Å². The van der Waals surface area contributed by atoms with Crippen LogP contribution in [0, 0.1) is 23.7 Å². The van der Waals surface area contributed by atoms with Crippen LogP contribution < -0.4 is 5.32 Å². The molecule has 2 rings (SSSR count). The van der Waals surface area contributed by atoms with Gasteiger partial charge >= 0.3 is 0 Å². The lowest BCUT2D eigenvalue weighted by Gasteiger charge is -2.38. The first kappa shape index (κ1) is 16.5. The molecular weight excluding hydrogens is 258 g/mol. The Morgan fingerprint density at radius 2 is 2.00 bits per heavy atom. The molecule has 0 amide bonds. The Hall–Kier alpha value is -0.830. The molecule has 120 valence electrons. The maximum Gasteiger partial charge on any atom is 0.0627 e. The molecule has 3 heteroatoms. The zero-order chi connectivity index (χ0) is 15.4. The van der Waals surface area contributed by atoms with Crippen LogP contribution in [0.25, 0.3) is 0 Å². The largest absolute Gasteiger partial charge is 0.314 e. The third-order valence-corrected chi connectivity index (χ3v) is 5.15. The summed E-state index contributed by atoms with van der Waals surface area (Å²) in [6.07, 6.45) is 7.37. The highest BCUT2D eigenvalue weighted by Crippen LogP contribution is 2.38. The fraction of sp³-hybridized carbons (Fsp3) is 0.833. The Kier molecular flexibility index (Phi) is 5.86. The zero-order valence-electron chi connectivity index (χ0n) is 14.5. The molecule has 3 unspecified atom stereocenters. The average molecular weight is 291 g/mol. The molecule has 1 saturated carbocycles. The fourth-order valence-corrected chi connectivity index (χ4v) is 3.72. The van der Waals surface area contributed by atoms with Crippen molar-refractivity contribution < 1.29 is 0 Å². The molecule has 0 saturated heterocycles. The summed E-state index contributed by atoms with van der Waals surface area (Å²) in [4.78, 5) is 0. The van der Waals surface area contributed by atoms with E-state index in [4.69, 9.17) is 0 Å². The van der Waals surface area contributed by atoms with Crippen molar-refractivity contribution in [2.75, 3.05) is 6.54 Å². The van der Waals surface area contributed by atoms with E-state index in [9.17, 15) is 0 Å². The van der Waals surface area contributed by atoms with Crippen molar-refractivity contribution >= 4 is 0 Å². The Bertz CT molecular complexity index is 422. The second kappa shape index (κ2) is 7.44. The smallest absolute Gasteiger partial charge is 0.0627 e. The number of aryl methyl sites for hydroxylation is 1. The highest BCUT2D eigenvalue weighted by atomic mass is 15.2. The van der Waals surface area contributed by atoms with E-state index in [-0.39, 0.29) is 0 Å². The normalized spacial score (nSPS) is 26.7. The maximum atomic E-state index is 4.60. The molecule has 1 aliphatic carbocycles. The third kappa shape index (κ3) is 4.84. The van der Waals surface area contributed by atoms with Gasteiger partial charge in [-0.2, -0.15) is 5.10 Å². The Morgan fingerprint density at radius 1 is 1.24 bits per heavy atom. The van der Waals surface area contributed by atoms with Gasteiger partial charge in [0.05, 0.1) is 5.69 Å². The van der Waals surface area contributed by atoms with Gasteiger partial charge in [0.1, 0.15) is 0 Å². The van der Waals surface area contributed by atoms with Gasteiger partial charge in [-0.1, -0.05) is 27.7 Å². The van der Waals surface area contributed by atoms with Crippen LogP contribution in [0.15, 0.2) is 12.3 Å². The Morgan fingerprint density at radius 3 is 2.57 bits per heavy atom. The average Bonchev–Trinajstić information content (AvgIpc) is 2.82. The quantitative estimate of drug-likeness (QED) is 0.867. The van der Waals surface area contributed by atoms with Gasteiger partial charge in [0.15, 0.2) is 0 Å². The second-order valence-electron chi connectivity index (χ2n) is 7.59. The van der Waals surface area contributed by atoms with Gasteiger partial charge in [-0.25, -0.2) is 0 Å². The van der Waals surface area contributed by atoms with Gasteiger partial charge in [0, 0.05) is 19.3 Å². The minimum atomic E-state index is 0.586. The summed E-state index contributed by atoms with van der Waals surface area (Å²) >= 11 is 0. The van der Waals surface area contributed by atoms with Crippen LogP contribution in [0.1, 0.15) is 52.7 Å². The van der Waals surface area contributed by atoms with Crippen molar-refractivity contribution in [2.24, 2.45) is 30.7 Å². The summed E-state index contributed by atoms with van der Waals surface area (Å²) in [5.41, 5.74) is 1.27. The number of aromatic nitrogens is 2. The van der Waals surface area contributed by atoms with Crippen LogP contribution in [0.5, 0.6) is 0 Å². The monoisotopic (exact) mass is 291 g/mol. The first-order chi connectivity index (χ1) is 9.95. The van der Waals surface area contributed by atoms with E-state index in [1.807, 2.05) is 11.7 Å². The van der Waals surface area contributed by atoms with E-state index in [1.54, 1.807) is 0 Å². The van der Waals surface area contributed by atoms with Crippen LogP contribution in [0.4, 0.5) is 0 Å². The van der Waals surface area contributed by atoms with Crippen molar-refractivity contribution in [3.05, 3.63) is 18.0 Å². The van der Waals surface area contributed by atoms with Crippen LogP contribution >= 0.6 is 0 Å². The summed E-state index contributed by atoms with van der Waals surface area (Å²) in [5.74, 6) is 3.31. The van der Waals surface area contributed by atoms with Gasteiger partial charge in [-0.3, -0.25) is 4.68 Å². The van der Waals surface area contributed by atoms with Crippen molar-refractivity contribution in [2.45, 2.75) is 59.4 Å². The molecule has 0 bridgehead atoms. The lowest BCUT2D eigenvalue weighted by atomic mass is 9.69. The predicted octanol–water partition coefficient (Wildman–Crippen LogP) is 3.65. The Labute approximate surface area is 130 Å². The summed E-state index contributed by atoms with van der Waals surface area (Å²) < 4.78 is 1.93. The first-order valence-electron chi connectivity index (χ1n) is 8.67. The van der Waals surface area contributed by atoms with Gasteiger partial charge in [-0.05, 0) is 62.0 Å². The van der Waals surface area contributed by atoms with Gasteiger partial charge in [0.25, 0.3) is 0 Å². The first-order valence-corrected chi connectivity index (χ1v) is 8.67. The summed E-state index contributed by atoms with van der Waals surface area (Å²) in [7, 11) is 2.01. The molecule has 1 N–H and O–H groups in total. The molecule has 21 heavy (non-hydrogen) atoms. The fourth-order valence-electron chi connectivity index (χ4n) is 3.72. The summed E-state index contributed by atoms with van der Waals surface area (Å²) in [6.45, 7) is 10.4. The number of nitrogens with one attached hydrogen (secondary N) is 1. The van der Waals surface area contributed by atoms with E-state index >= 15 is 0 Å². The predicted molar refractivity (Wildman–Crippen MR) is 89.2 cm³/mol. The zero-order valence-corrected chi connectivity index (χ0v) is 14.5. The maximum absolute atomic E-state index is 4.60. The summed E-state index contributed by atoms with van der Waals surface area (Å²) in [6, 6.07) is 2.77. The van der Waals surface area contributed by atoms with Gasteiger partial charge in [0.2, 0.25) is 0 Å². The van der Waals surface area contributed by atoms with E-state index in [1.165, 1.54) is 31.5 Å². The molecule has 3 atom stereocenters. The second-order valence-corrected chi connectivity index (χ2v) is 7.59. The van der Waals surface area contributed by atoms with Crippen LogP contribution in [-0.4, -0.2) is 22.4 Å². The van der Waals surface area contributed by atoms with Gasteiger partial charge < -0.3 is 5.32 Å². The van der Waals surface area contributed by atoms with E-state index in [2.05, 4.69) is 50.4 Å². The van der Waals surface area contributed by atoms with Crippen molar-refractivity contribution in [3.8, 4) is 0 Å². The molecule has 0 radical (unpaired) electrons. The lowest BCUT2D eigenvalue weighted by Crippen LogP contribution is -2.37. The summed E-state index contributed by atoms with van der Waals surface area (Å²) in [5, 5.41) is 8.26. The molecule has 0 aliphatic heterocycles. The van der Waals surface area contributed by atoms with E-state index in [0.29, 0.717) is 6.04 Å². The Balaban J connectivity index is 2.00. The van der Waals surface area contributed by atoms with Crippen molar-refractivity contribution in [3.63, 3.8) is 0 Å². The molecule has 0 aromatic carbocycles. The van der Waals surface area contributed by atoms with Crippen LogP contribution in [-0.2, 0) is 13.5 Å². The van der Waals surface area contributed by atoms with E-state index in [0.717, 1.165) is 30.1 Å². The molecule has 3 nitrogen and oxygen atoms in total. The topological polar surface area (TPSA) is 29.9 Å². The molecule has 1 heterocycles. The molecule has 0 spiro atoms. The molecule has 1 aromatic heterocycles. The lowest BCUT2D eigenvalue weighted by molar-refractivity contribution is 0.142. The standard InChI is InChI=1S/C18H33N3/c1-13(2)15-6-7-16(12-19-14(3)4)17(10-15)11-18-8-9-21(5)20-18/h8-9,13-17,19H,6-7,10-12H2,1-5H3. The van der Waals surface area contributed by atoms with Crippen molar-refractivity contribution in [1.29, 1.82) is 0 Å². The number of nitrogens with zero attached hydrogens (tertiary/aromatic N) is 2. The van der Waals surface area contributed by atoms with Crippen LogP contribution in [0.2, 0.25) is 0 Å². The molecular formula is C18H33N3. The number of rotatable bonds is 6. The molecule has 1 fully saturated rings. The molecule has 1 aromatic rings. The number of hydrogen-bond acceptors (Lipinski definition) is 2. The minimum absolute atomic E-state index is 0.586. The minimum Gasteiger partial charge on any atom is -0.314 e. The third-order valence-electron chi connectivity index (χ3n) is 5.15. The van der Waals surface area contributed by atoms with Crippen LogP contribution in [0.3, 0.4) is 0 Å².